The number of hydrogen-bond acceptors (Lipinski definition) is 4. The summed E-state index contributed by atoms with van der Waals surface area (Å²) in [6, 6.07) is 8.64. The molecule has 0 saturated carbocycles. The second-order valence-electron chi connectivity index (χ2n) is 6.62. The summed E-state index contributed by atoms with van der Waals surface area (Å²) in [6.45, 7) is 5.94. The zero-order valence-electron chi connectivity index (χ0n) is 16.0. The average molecular weight is 486 g/mol. The van der Waals surface area contributed by atoms with Gasteiger partial charge in [-0.3, -0.25) is 9.89 Å². The van der Waals surface area contributed by atoms with Crippen LogP contribution >= 0.6 is 24.0 Å². The van der Waals surface area contributed by atoms with Gasteiger partial charge in [0.15, 0.2) is 5.96 Å². The number of nitrogens with one attached hydrogen (secondary N) is 2. The van der Waals surface area contributed by atoms with Gasteiger partial charge < -0.3 is 20.1 Å². The van der Waals surface area contributed by atoms with Gasteiger partial charge in [-0.1, -0.05) is 30.4 Å². The van der Waals surface area contributed by atoms with Crippen molar-refractivity contribution in [1.29, 1.82) is 0 Å². The zero-order chi connectivity index (χ0) is 18.0. The highest BCUT2D eigenvalue weighted by Gasteiger charge is 2.13. The maximum absolute atomic E-state index is 6.05. The molecule has 0 aromatic heterocycles. The minimum atomic E-state index is 0. The van der Waals surface area contributed by atoms with E-state index in [9.17, 15) is 0 Å². The standard InChI is InChI=1S/C20H30N4O2.HI/c1-21-20(23-18-7-3-4-8-18)22-16-17-6-2-5-9-19(17)26-15-12-24-10-13-25-14-11-24;/h2-6,9,18H,7-8,10-16H2,1H3,(H2,21,22,23);1H. The fraction of sp³-hybridized carbons (Fsp3) is 0.550. The van der Waals surface area contributed by atoms with Crippen LogP contribution in [0.4, 0.5) is 0 Å². The molecule has 0 radical (unpaired) electrons. The van der Waals surface area contributed by atoms with Gasteiger partial charge in [0.2, 0.25) is 0 Å². The van der Waals surface area contributed by atoms with E-state index < -0.39 is 0 Å². The van der Waals surface area contributed by atoms with E-state index >= 15 is 0 Å². The van der Waals surface area contributed by atoms with E-state index in [4.69, 9.17) is 9.47 Å². The Morgan fingerprint density at radius 1 is 1.22 bits per heavy atom. The summed E-state index contributed by atoms with van der Waals surface area (Å²) < 4.78 is 11.4. The zero-order valence-corrected chi connectivity index (χ0v) is 18.4. The number of hydrogen-bond donors (Lipinski definition) is 2. The van der Waals surface area contributed by atoms with Gasteiger partial charge in [-0.2, -0.15) is 0 Å². The number of halogens is 1. The predicted octanol–water partition coefficient (Wildman–Crippen LogP) is 2.40. The third-order valence-corrected chi connectivity index (χ3v) is 4.76. The molecule has 0 bridgehead atoms. The van der Waals surface area contributed by atoms with Gasteiger partial charge in [0.05, 0.1) is 13.2 Å². The number of guanidine groups is 1. The highest BCUT2D eigenvalue weighted by molar-refractivity contribution is 14.0. The van der Waals surface area contributed by atoms with Crippen LogP contribution in [0.3, 0.4) is 0 Å². The second kappa shape index (κ2) is 12.2. The van der Waals surface area contributed by atoms with Crippen molar-refractivity contribution in [3.63, 3.8) is 0 Å². The number of ether oxygens (including phenoxy) is 2. The molecule has 0 amide bonds. The third kappa shape index (κ3) is 7.31. The highest BCUT2D eigenvalue weighted by atomic mass is 127. The molecule has 1 aliphatic heterocycles. The number of morpholine rings is 1. The molecule has 7 heteroatoms. The van der Waals surface area contributed by atoms with Crippen LogP contribution in [-0.4, -0.2) is 63.4 Å². The molecule has 2 aliphatic rings. The molecule has 150 valence electrons. The normalized spacial score (nSPS) is 18.2. The first kappa shape index (κ1) is 22.0. The molecule has 0 spiro atoms. The van der Waals surface area contributed by atoms with E-state index in [2.05, 4.69) is 38.7 Å². The Labute approximate surface area is 179 Å². The van der Waals surface area contributed by atoms with E-state index in [0.29, 0.717) is 19.2 Å². The van der Waals surface area contributed by atoms with E-state index in [1.165, 1.54) is 0 Å². The molecule has 1 saturated heterocycles. The number of rotatable bonds is 7. The number of para-hydroxylation sites is 1. The van der Waals surface area contributed by atoms with Crippen molar-refractivity contribution in [2.45, 2.75) is 25.4 Å². The average Bonchev–Trinajstić information content (AvgIpc) is 3.20. The Kier molecular flexibility index (Phi) is 9.93. The molecule has 0 atom stereocenters. The first-order chi connectivity index (χ1) is 12.8. The molecule has 1 aromatic carbocycles. The van der Waals surface area contributed by atoms with Crippen LogP contribution in [0.2, 0.25) is 0 Å². The molecule has 1 fully saturated rings. The molecule has 2 N–H and O–H groups in total. The van der Waals surface area contributed by atoms with E-state index in [0.717, 1.165) is 63.0 Å². The molecule has 1 heterocycles. The molecule has 27 heavy (non-hydrogen) atoms. The van der Waals surface area contributed by atoms with Crippen molar-refractivity contribution in [2.24, 2.45) is 4.99 Å². The van der Waals surface area contributed by atoms with E-state index in [1.54, 1.807) is 0 Å². The van der Waals surface area contributed by atoms with E-state index in [-0.39, 0.29) is 24.0 Å². The van der Waals surface area contributed by atoms with Crippen molar-refractivity contribution in [3.05, 3.63) is 42.0 Å². The monoisotopic (exact) mass is 486 g/mol. The summed E-state index contributed by atoms with van der Waals surface area (Å²) in [5, 5.41) is 6.86. The van der Waals surface area contributed by atoms with Gasteiger partial charge in [0, 0.05) is 44.8 Å². The predicted molar refractivity (Wildman–Crippen MR) is 120 cm³/mol. The number of benzene rings is 1. The fourth-order valence-electron chi connectivity index (χ4n) is 3.20. The summed E-state index contributed by atoms with van der Waals surface area (Å²) >= 11 is 0. The quantitative estimate of drug-likeness (QED) is 0.269. The van der Waals surface area contributed by atoms with Crippen molar-refractivity contribution >= 4 is 29.9 Å². The van der Waals surface area contributed by atoms with Crippen molar-refractivity contribution in [1.82, 2.24) is 15.5 Å². The SMILES string of the molecule is CN=C(NCc1ccccc1OCCN1CCOCC1)NC1CC=CC1.I. The minimum Gasteiger partial charge on any atom is -0.492 e. The molecule has 0 unspecified atom stereocenters. The molecule has 3 rings (SSSR count). The van der Waals surface area contributed by atoms with Crippen LogP contribution in [0.5, 0.6) is 5.75 Å². The van der Waals surface area contributed by atoms with Crippen molar-refractivity contribution < 1.29 is 9.47 Å². The Morgan fingerprint density at radius 2 is 1.96 bits per heavy atom. The number of aliphatic imine (C=N–C) groups is 1. The van der Waals surface area contributed by atoms with Gasteiger partial charge in [-0.15, -0.1) is 24.0 Å². The lowest BCUT2D eigenvalue weighted by molar-refractivity contribution is 0.0322. The van der Waals surface area contributed by atoms with Gasteiger partial charge in [-0.25, -0.2) is 0 Å². The van der Waals surface area contributed by atoms with Crippen LogP contribution in [0, 0.1) is 0 Å². The fourth-order valence-corrected chi connectivity index (χ4v) is 3.20. The van der Waals surface area contributed by atoms with Gasteiger partial charge >= 0.3 is 0 Å². The minimum absolute atomic E-state index is 0. The topological polar surface area (TPSA) is 58.1 Å². The number of nitrogens with zero attached hydrogens (tertiary/aromatic N) is 2. The van der Waals surface area contributed by atoms with Crippen LogP contribution in [0.1, 0.15) is 18.4 Å². The van der Waals surface area contributed by atoms with Crippen LogP contribution < -0.4 is 15.4 Å². The van der Waals surface area contributed by atoms with Crippen LogP contribution in [0.15, 0.2) is 41.4 Å². The summed E-state index contributed by atoms with van der Waals surface area (Å²) in [7, 11) is 1.81. The Morgan fingerprint density at radius 3 is 2.70 bits per heavy atom. The lowest BCUT2D eigenvalue weighted by Crippen LogP contribution is -2.42. The summed E-state index contributed by atoms with van der Waals surface area (Å²) in [5.41, 5.74) is 1.14. The van der Waals surface area contributed by atoms with Crippen molar-refractivity contribution in [2.75, 3.05) is 46.5 Å². The van der Waals surface area contributed by atoms with Crippen molar-refractivity contribution in [3.8, 4) is 5.75 Å². The second-order valence-corrected chi connectivity index (χ2v) is 6.62. The van der Waals surface area contributed by atoms with Gasteiger partial charge in [0.1, 0.15) is 12.4 Å². The molecule has 1 aliphatic carbocycles. The van der Waals surface area contributed by atoms with Crippen LogP contribution in [-0.2, 0) is 11.3 Å². The lowest BCUT2D eigenvalue weighted by atomic mass is 10.2. The first-order valence-corrected chi connectivity index (χ1v) is 9.48. The highest BCUT2D eigenvalue weighted by Crippen LogP contribution is 2.18. The molecular formula is C20H31IN4O2. The lowest BCUT2D eigenvalue weighted by Gasteiger charge is -2.26. The summed E-state index contributed by atoms with van der Waals surface area (Å²) in [6.07, 6.45) is 6.54. The molecule has 6 nitrogen and oxygen atoms in total. The Bertz CT molecular complexity index is 610. The smallest absolute Gasteiger partial charge is 0.191 e. The summed E-state index contributed by atoms with van der Waals surface area (Å²) in [4.78, 5) is 6.71. The third-order valence-electron chi connectivity index (χ3n) is 4.76. The largest absolute Gasteiger partial charge is 0.492 e. The maximum Gasteiger partial charge on any atom is 0.191 e. The maximum atomic E-state index is 6.05. The van der Waals surface area contributed by atoms with Crippen LogP contribution in [0.25, 0.3) is 0 Å². The summed E-state index contributed by atoms with van der Waals surface area (Å²) in [5.74, 6) is 1.77. The van der Waals surface area contributed by atoms with Gasteiger partial charge in [0.25, 0.3) is 0 Å². The van der Waals surface area contributed by atoms with Gasteiger partial charge in [-0.05, 0) is 18.9 Å². The Hall–Kier alpha value is -1.32. The van der Waals surface area contributed by atoms with E-state index in [1.807, 2.05) is 25.2 Å². The first-order valence-electron chi connectivity index (χ1n) is 9.48. The Balaban J connectivity index is 0.00000261. The molecular weight excluding hydrogens is 455 g/mol. The molecule has 1 aromatic rings.